The summed E-state index contributed by atoms with van der Waals surface area (Å²) < 4.78 is 26.5. The summed E-state index contributed by atoms with van der Waals surface area (Å²) in [5.41, 5.74) is 8.68. The summed E-state index contributed by atoms with van der Waals surface area (Å²) in [6.07, 6.45) is 0. The van der Waals surface area contributed by atoms with Crippen molar-refractivity contribution in [1.29, 1.82) is 0 Å². The number of nitrogens with two attached hydrogens (primary N) is 1. The molecule has 3 N–H and O–H groups in total. The lowest BCUT2D eigenvalue weighted by Crippen LogP contribution is -1.99. The monoisotopic (exact) mass is 248 g/mol. The van der Waals surface area contributed by atoms with E-state index < -0.39 is 5.82 Å². The molecule has 0 aliphatic carbocycles. The molecule has 0 saturated carbocycles. The van der Waals surface area contributed by atoms with Crippen LogP contribution in [0, 0.1) is 25.5 Å². The summed E-state index contributed by atoms with van der Waals surface area (Å²) in [6.45, 7) is 3.57. The molecule has 18 heavy (non-hydrogen) atoms. The van der Waals surface area contributed by atoms with Gasteiger partial charge in [0.05, 0.1) is 0 Å². The molecule has 0 unspecified atom stereocenters. The van der Waals surface area contributed by atoms with Crippen LogP contribution in [-0.2, 0) is 0 Å². The van der Waals surface area contributed by atoms with E-state index in [2.05, 4.69) is 5.32 Å². The minimum absolute atomic E-state index is 0.334. The molecule has 0 atom stereocenters. The van der Waals surface area contributed by atoms with Crippen LogP contribution in [0.2, 0.25) is 0 Å². The molecule has 0 heterocycles. The standard InChI is InChI=1S/C14H14F2N2/c1-8-3-10(15)5-12(4-8)18-14-7-11(16)6-13(17)9(14)2/h3-7,18H,17H2,1-2H3. The van der Waals surface area contributed by atoms with Crippen LogP contribution in [0.4, 0.5) is 25.8 Å². The van der Waals surface area contributed by atoms with Crippen LogP contribution < -0.4 is 11.1 Å². The first-order chi connectivity index (χ1) is 8.45. The van der Waals surface area contributed by atoms with Crippen molar-refractivity contribution in [3.05, 3.63) is 53.1 Å². The fourth-order valence-electron chi connectivity index (χ4n) is 1.79. The normalized spacial score (nSPS) is 10.4. The van der Waals surface area contributed by atoms with E-state index in [0.717, 1.165) is 11.1 Å². The van der Waals surface area contributed by atoms with Crippen molar-refractivity contribution in [3.63, 3.8) is 0 Å². The molecular weight excluding hydrogens is 234 g/mol. The summed E-state index contributed by atoms with van der Waals surface area (Å²) in [6, 6.07) is 7.17. The van der Waals surface area contributed by atoms with Gasteiger partial charge in [0, 0.05) is 17.1 Å². The molecule has 0 fully saturated rings. The molecule has 2 aromatic carbocycles. The highest BCUT2D eigenvalue weighted by atomic mass is 19.1. The van der Waals surface area contributed by atoms with Gasteiger partial charge >= 0.3 is 0 Å². The average molecular weight is 248 g/mol. The summed E-state index contributed by atoms with van der Waals surface area (Å²) in [7, 11) is 0. The molecule has 0 saturated heterocycles. The SMILES string of the molecule is Cc1cc(F)cc(Nc2cc(F)cc(N)c2C)c1. The van der Waals surface area contributed by atoms with Crippen LogP contribution in [0.5, 0.6) is 0 Å². The summed E-state index contributed by atoms with van der Waals surface area (Å²) in [5.74, 6) is -0.756. The summed E-state index contributed by atoms with van der Waals surface area (Å²) >= 11 is 0. The first-order valence-corrected chi connectivity index (χ1v) is 5.55. The maximum absolute atomic E-state index is 13.3. The zero-order chi connectivity index (χ0) is 13.3. The highest BCUT2D eigenvalue weighted by Gasteiger charge is 2.06. The predicted octanol–water partition coefficient (Wildman–Crippen LogP) is 3.91. The molecule has 0 bridgehead atoms. The van der Waals surface area contributed by atoms with E-state index >= 15 is 0 Å². The van der Waals surface area contributed by atoms with Gasteiger partial charge in [-0.1, -0.05) is 0 Å². The van der Waals surface area contributed by atoms with Gasteiger partial charge in [0.2, 0.25) is 0 Å². The molecule has 0 aromatic heterocycles. The van der Waals surface area contributed by atoms with Crippen molar-refractivity contribution >= 4 is 17.1 Å². The maximum atomic E-state index is 13.3. The molecule has 0 aliphatic rings. The first-order valence-electron chi connectivity index (χ1n) is 5.55. The number of nitrogen functional groups attached to an aromatic ring is 1. The fraction of sp³-hybridized carbons (Fsp3) is 0.143. The summed E-state index contributed by atoms with van der Waals surface area (Å²) in [5, 5.41) is 2.98. The number of anilines is 3. The van der Waals surface area contributed by atoms with Crippen molar-refractivity contribution in [3.8, 4) is 0 Å². The second-order valence-electron chi connectivity index (χ2n) is 4.31. The Kier molecular flexibility index (Phi) is 3.19. The molecule has 2 rings (SSSR count). The molecule has 0 radical (unpaired) electrons. The highest BCUT2D eigenvalue weighted by molar-refractivity contribution is 5.69. The Bertz CT molecular complexity index is 574. The molecule has 0 amide bonds. The molecule has 4 heteroatoms. The van der Waals surface area contributed by atoms with E-state index in [9.17, 15) is 8.78 Å². The number of halogens is 2. The van der Waals surface area contributed by atoms with E-state index in [1.807, 2.05) is 0 Å². The molecule has 2 aromatic rings. The smallest absolute Gasteiger partial charge is 0.127 e. The average Bonchev–Trinajstić information content (AvgIpc) is 2.23. The lowest BCUT2D eigenvalue weighted by Gasteiger charge is -2.12. The Labute approximate surface area is 104 Å². The first kappa shape index (κ1) is 12.4. The van der Waals surface area contributed by atoms with Gasteiger partial charge in [0.25, 0.3) is 0 Å². The topological polar surface area (TPSA) is 38.0 Å². The van der Waals surface area contributed by atoms with Gasteiger partial charge in [-0.2, -0.15) is 0 Å². The van der Waals surface area contributed by atoms with Gasteiger partial charge in [-0.15, -0.1) is 0 Å². The quantitative estimate of drug-likeness (QED) is 0.791. The number of aryl methyl sites for hydroxylation is 1. The van der Waals surface area contributed by atoms with Gasteiger partial charge in [-0.3, -0.25) is 0 Å². The van der Waals surface area contributed by atoms with Crippen LogP contribution in [0.1, 0.15) is 11.1 Å². The Balaban J connectivity index is 2.39. The zero-order valence-corrected chi connectivity index (χ0v) is 10.2. The Morgan fingerprint density at radius 3 is 2.28 bits per heavy atom. The number of nitrogens with one attached hydrogen (secondary N) is 1. The third kappa shape index (κ3) is 2.59. The minimum atomic E-state index is -0.422. The molecular formula is C14H14F2N2. The van der Waals surface area contributed by atoms with Crippen LogP contribution >= 0.6 is 0 Å². The number of hydrogen-bond donors (Lipinski definition) is 2. The third-order valence-electron chi connectivity index (χ3n) is 2.73. The second-order valence-corrected chi connectivity index (χ2v) is 4.31. The second kappa shape index (κ2) is 4.64. The van der Waals surface area contributed by atoms with Crippen LogP contribution in [0.15, 0.2) is 30.3 Å². The number of benzene rings is 2. The van der Waals surface area contributed by atoms with E-state index in [-0.39, 0.29) is 5.82 Å². The van der Waals surface area contributed by atoms with Gasteiger partial charge in [0.1, 0.15) is 11.6 Å². The van der Waals surface area contributed by atoms with Gasteiger partial charge in [0.15, 0.2) is 0 Å². The van der Waals surface area contributed by atoms with E-state index in [0.29, 0.717) is 17.1 Å². The van der Waals surface area contributed by atoms with Gasteiger partial charge in [-0.05, 0) is 55.3 Å². The lowest BCUT2D eigenvalue weighted by atomic mass is 10.1. The lowest BCUT2D eigenvalue weighted by molar-refractivity contribution is 0.627. The predicted molar refractivity (Wildman–Crippen MR) is 70.0 cm³/mol. The fourth-order valence-corrected chi connectivity index (χ4v) is 1.79. The van der Waals surface area contributed by atoms with E-state index in [1.54, 1.807) is 19.9 Å². The van der Waals surface area contributed by atoms with Crippen LogP contribution in [0.25, 0.3) is 0 Å². The Morgan fingerprint density at radius 2 is 1.61 bits per heavy atom. The van der Waals surface area contributed by atoms with Crippen LogP contribution in [-0.4, -0.2) is 0 Å². The minimum Gasteiger partial charge on any atom is -0.398 e. The summed E-state index contributed by atoms with van der Waals surface area (Å²) in [4.78, 5) is 0. The maximum Gasteiger partial charge on any atom is 0.127 e. The van der Waals surface area contributed by atoms with Crippen molar-refractivity contribution in [1.82, 2.24) is 0 Å². The highest BCUT2D eigenvalue weighted by Crippen LogP contribution is 2.27. The van der Waals surface area contributed by atoms with Gasteiger partial charge in [-0.25, -0.2) is 8.78 Å². The third-order valence-corrected chi connectivity index (χ3v) is 2.73. The van der Waals surface area contributed by atoms with E-state index in [1.165, 1.54) is 24.3 Å². The van der Waals surface area contributed by atoms with Crippen molar-refractivity contribution in [2.75, 3.05) is 11.1 Å². The van der Waals surface area contributed by atoms with Crippen molar-refractivity contribution < 1.29 is 8.78 Å². The largest absolute Gasteiger partial charge is 0.398 e. The van der Waals surface area contributed by atoms with Crippen LogP contribution in [0.3, 0.4) is 0 Å². The number of rotatable bonds is 2. The van der Waals surface area contributed by atoms with E-state index in [4.69, 9.17) is 5.73 Å². The molecule has 94 valence electrons. The molecule has 2 nitrogen and oxygen atoms in total. The van der Waals surface area contributed by atoms with Crippen molar-refractivity contribution in [2.24, 2.45) is 0 Å². The zero-order valence-electron chi connectivity index (χ0n) is 10.2. The molecule has 0 aliphatic heterocycles. The number of hydrogen-bond acceptors (Lipinski definition) is 2. The van der Waals surface area contributed by atoms with Crippen molar-refractivity contribution in [2.45, 2.75) is 13.8 Å². The Hall–Kier alpha value is -2.10. The Morgan fingerprint density at radius 1 is 0.944 bits per heavy atom. The van der Waals surface area contributed by atoms with Gasteiger partial charge < -0.3 is 11.1 Å². The molecule has 0 spiro atoms.